The molecule has 14 heavy (non-hydrogen) atoms. The van der Waals surface area contributed by atoms with Gasteiger partial charge >= 0.3 is 0 Å². The molecule has 0 spiro atoms. The predicted octanol–water partition coefficient (Wildman–Crippen LogP) is 1.57. The highest BCUT2D eigenvalue weighted by Crippen LogP contribution is 2.23. The van der Waals surface area contributed by atoms with Crippen molar-refractivity contribution in [2.45, 2.75) is 50.9 Å². The van der Waals surface area contributed by atoms with Crippen molar-refractivity contribution < 1.29 is 9.47 Å². The van der Waals surface area contributed by atoms with Crippen molar-refractivity contribution in [3.8, 4) is 0 Å². The fraction of sp³-hybridized carbons (Fsp3) is 1.00. The Kier molecular flexibility index (Phi) is 5.45. The molecule has 1 aliphatic rings. The minimum absolute atomic E-state index is 0.409. The summed E-state index contributed by atoms with van der Waals surface area (Å²) in [6, 6.07) is 0.495. The van der Waals surface area contributed by atoms with Crippen LogP contribution in [0.3, 0.4) is 0 Å². The maximum atomic E-state index is 5.84. The average molecular weight is 201 g/mol. The van der Waals surface area contributed by atoms with E-state index in [1.807, 2.05) is 7.05 Å². The number of methoxy groups -OCH3 is 1. The van der Waals surface area contributed by atoms with Gasteiger partial charge in [-0.1, -0.05) is 0 Å². The molecule has 0 radical (unpaired) electrons. The van der Waals surface area contributed by atoms with Crippen molar-refractivity contribution in [1.29, 1.82) is 0 Å². The highest BCUT2D eigenvalue weighted by Gasteiger charge is 2.28. The molecule has 1 aliphatic heterocycles. The van der Waals surface area contributed by atoms with Gasteiger partial charge in [0.1, 0.15) is 0 Å². The molecule has 84 valence electrons. The van der Waals surface area contributed by atoms with Crippen LogP contribution in [0.1, 0.15) is 32.6 Å². The zero-order valence-corrected chi connectivity index (χ0v) is 9.58. The second-order valence-corrected chi connectivity index (χ2v) is 4.09. The van der Waals surface area contributed by atoms with Gasteiger partial charge in [-0.05, 0) is 39.7 Å². The van der Waals surface area contributed by atoms with E-state index in [1.165, 1.54) is 12.8 Å². The van der Waals surface area contributed by atoms with Crippen molar-refractivity contribution in [2.24, 2.45) is 0 Å². The molecule has 3 unspecified atom stereocenters. The Labute approximate surface area is 87.2 Å². The monoisotopic (exact) mass is 201 g/mol. The van der Waals surface area contributed by atoms with E-state index in [0.717, 1.165) is 19.4 Å². The maximum Gasteiger partial charge on any atom is 0.0732 e. The van der Waals surface area contributed by atoms with Gasteiger partial charge in [-0.25, -0.2) is 0 Å². The molecule has 1 saturated heterocycles. The van der Waals surface area contributed by atoms with Crippen LogP contribution in [0.4, 0.5) is 0 Å². The van der Waals surface area contributed by atoms with E-state index in [1.54, 1.807) is 7.11 Å². The van der Waals surface area contributed by atoms with E-state index in [2.05, 4.69) is 12.2 Å². The molecular formula is C11H23NO2. The highest BCUT2D eigenvalue weighted by atomic mass is 16.5. The molecule has 0 aromatic heterocycles. The lowest BCUT2D eigenvalue weighted by Gasteiger charge is -2.22. The van der Waals surface area contributed by atoms with Crippen LogP contribution < -0.4 is 5.32 Å². The minimum atomic E-state index is 0.409. The van der Waals surface area contributed by atoms with Gasteiger partial charge in [-0.2, -0.15) is 0 Å². The van der Waals surface area contributed by atoms with Crippen molar-refractivity contribution in [3.63, 3.8) is 0 Å². The summed E-state index contributed by atoms with van der Waals surface area (Å²) in [6.07, 6.45) is 5.50. The molecular weight excluding hydrogens is 178 g/mol. The Hall–Kier alpha value is -0.120. The summed E-state index contributed by atoms with van der Waals surface area (Å²) in [5.74, 6) is 0. The first-order valence-electron chi connectivity index (χ1n) is 5.59. The van der Waals surface area contributed by atoms with Gasteiger partial charge in [-0.15, -0.1) is 0 Å². The van der Waals surface area contributed by atoms with E-state index < -0.39 is 0 Å². The summed E-state index contributed by atoms with van der Waals surface area (Å²) in [5, 5.41) is 3.34. The Bertz CT molecular complexity index is 152. The molecule has 1 rings (SSSR count). The summed E-state index contributed by atoms with van der Waals surface area (Å²) in [7, 11) is 3.77. The molecule has 3 nitrogen and oxygen atoms in total. The van der Waals surface area contributed by atoms with E-state index in [4.69, 9.17) is 9.47 Å². The maximum absolute atomic E-state index is 5.84. The largest absolute Gasteiger partial charge is 0.385 e. The van der Waals surface area contributed by atoms with Crippen molar-refractivity contribution >= 4 is 0 Å². The van der Waals surface area contributed by atoms with Gasteiger partial charge in [-0.3, -0.25) is 0 Å². The zero-order valence-electron chi connectivity index (χ0n) is 9.58. The Morgan fingerprint density at radius 1 is 1.50 bits per heavy atom. The van der Waals surface area contributed by atoms with Crippen LogP contribution in [0, 0.1) is 0 Å². The van der Waals surface area contributed by atoms with Crippen LogP contribution in [0.25, 0.3) is 0 Å². The summed E-state index contributed by atoms with van der Waals surface area (Å²) in [6.45, 7) is 3.00. The highest BCUT2D eigenvalue weighted by molar-refractivity contribution is 4.81. The van der Waals surface area contributed by atoms with Crippen LogP contribution in [0.2, 0.25) is 0 Å². The summed E-state index contributed by atoms with van der Waals surface area (Å²) < 4.78 is 10.9. The van der Waals surface area contributed by atoms with Gasteiger partial charge in [0.25, 0.3) is 0 Å². The van der Waals surface area contributed by atoms with Crippen molar-refractivity contribution in [2.75, 3.05) is 20.8 Å². The molecule has 1 fully saturated rings. The quantitative estimate of drug-likeness (QED) is 0.662. The van der Waals surface area contributed by atoms with E-state index in [9.17, 15) is 0 Å². The Morgan fingerprint density at radius 2 is 2.29 bits per heavy atom. The second kappa shape index (κ2) is 6.38. The standard InChI is InChI=1S/C11H23NO2/c1-9-6-7-11(14-9)10(12-2)5-4-8-13-3/h9-12H,4-8H2,1-3H3. The smallest absolute Gasteiger partial charge is 0.0732 e. The minimum Gasteiger partial charge on any atom is -0.385 e. The number of nitrogens with one attached hydrogen (secondary N) is 1. The number of hydrogen-bond acceptors (Lipinski definition) is 3. The third-order valence-electron chi connectivity index (χ3n) is 2.95. The fourth-order valence-electron chi connectivity index (χ4n) is 2.09. The van der Waals surface area contributed by atoms with Crippen molar-refractivity contribution in [3.05, 3.63) is 0 Å². The number of hydrogen-bond donors (Lipinski definition) is 1. The molecule has 1 N–H and O–H groups in total. The first kappa shape index (κ1) is 12.0. The molecule has 0 aromatic rings. The SMILES string of the molecule is CNC(CCCOC)C1CCC(C)O1. The van der Waals surface area contributed by atoms with Crippen LogP contribution in [-0.4, -0.2) is 39.0 Å². The van der Waals surface area contributed by atoms with Crippen LogP contribution in [0.5, 0.6) is 0 Å². The Morgan fingerprint density at radius 3 is 2.79 bits per heavy atom. The van der Waals surface area contributed by atoms with Gasteiger partial charge in [0.05, 0.1) is 12.2 Å². The summed E-state index contributed by atoms with van der Waals surface area (Å²) in [5.41, 5.74) is 0. The predicted molar refractivity (Wildman–Crippen MR) is 57.5 cm³/mol. The lowest BCUT2D eigenvalue weighted by molar-refractivity contribution is 0.0298. The molecule has 0 amide bonds. The lowest BCUT2D eigenvalue weighted by Crippen LogP contribution is -2.37. The summed E-state index contributed by atoms with van der Waals surface area (Å²) in [4.78, 5) is 0. The lowest BCUT2D eigenvalue weighted by atomic mass is 10.0. The first-order valence-corrected chi connectivity index (χ1v) is 5.59. The van der Waals surface area contributed by atoms with E-state index in [-0.39, 0.29) is 0 Å². The zero-order chi connectivity index (χ0) is 10.4. The molecule has 3 atom stereocenters. The normalized spacial score (nSPS) is 29.4. The second-order valence-electron chi connectivity index (χ2n) is 4.09. The molecule has 1 heterocycles. The number of ether oxygens (including phenoxy) is 2. The Balaban J connectivity index is 2.23. The molecule has 3 heteroatoms. The summed E-state index contributed by atoms with van der Waals surface area (Å²) >= 11 is 0. The molecule has 0 saturated carbocycles. The van der Waals surface area contributed by atoms with Gasteiger partial charge in [0.15, 0.2) is 0 Å². The molecule has 0 bridgehead atoms. The van der Waals surface area contributed by atoms with Crippen LogP contribution >= 0.6 is 0 Å². The van der Waals surface area contributed by atoms with Gasteiger partial charge in [0.2, 0.25) is 0 Å². The van der Waals surface area contributed by atoms with Crippen LogP contribution in [0.15, 0.2) is 0 Å². The third-order valence-corrected chi connectivity index (χ3v) is 2.95. The van der Waals surface area contributed by atoms with Gasteiger partial charge in [0, 0.05) is 19.8 Å². The van der Waals surface area contributed by atoms with Crippen molar-refractivity contribution in [1.82, 2.24) is 5.32 Å². The fourth-order valence-corrected chi connectivity index (χ4v) is 2.09. The molecule has 0 aliphatic carbocycles. The first-order chi connectivity index (χ1) is 6.77. The van der Waals surface area contributed by atoms with E-state index >= 15 is 0 Å². The van der Waals surface area contributed by atoms with Gasteiger partial charge < -0.3 is 14.8 Å². The number of rotatable bonds is 6. The number of likely N-dealkylation sites (N-methyl/N-ethyl adjacent to an activating group) is 1. The van der Waals surface area contributed by atoms with Crippen LogP contribution in [-0.2, 0) is 9.47 Å². The average Bonchev–Trinajstić information content (AvgIpc) is 2.60. The molecule has 0 aromatic carbocycles. The topological polar surface area (TPSA) is 30.5 Å². The third kappa shape index (κ3) is 3.56. The van der Waals surface area contributed by atoms with E-state index in [0.29, 0.717) is 18.2 Å².